The fraction of sp³-hybridized carbons (Fsp3) is 0.625. The van der Waals surface area contributed by atoms with Crippen molar-refractivity contribution in [3.05, 3.63) is 12.2 Å². The van der Waals surface area contributed by atoms with Gasteiger partial charge in [-0.3, -0.25) is 0 Å². The van der Waals surface area contributed by atoms with Crippen LogP contribution in [0.1, 0.15) is 12.8 Å². The van der Waals surface area contributed by atoms with Crippen molar-refractivity contribution in [2.75, 3.05) is 0 Å². The second-order valence-electron chi connectivity index (χ2n) is 3.17. The first-order valence-electron chi connectivity index (χ1n) is 3.53. The molecule has 0 aromatic rings. The summed E-state index contributed by atoms with van der Waals surface area (Å²) in [6, 6.07) is 2.19. The van der Waals surface area contributed by atoms with E-state index in [1.54, 1.807) is 0 Å². The average molecular weight is 154 g/mol. The second kappa shape index (κ2) is 1.77. The lowest BCUT2D eigenvalue weighted by Gasteiger charge is -2.19. The third-order valence-corrected chi connectivity index (χ3v) is 3.02. The Morgan fingerprint density at radius 1 is 1.60 bits per heavy atom. The molecule has 0 aromatic carbocycles. The number of hydrogen-bond donors (Lipinski definition) is 0. The zero-order valence-electron chi connectivity index (χ0n) is 5.55. The van der Waals surface area contributed by atoms with E-state index in [2.05, 4.69) is 18.2 Å². The predicted molar refractivity (Wildman–Crippen MR) is 39.6 cm³/mol. The molecule has 0 aliphatic heterocycles. The van der Waals surface area contributed by atoms with Crippen molar-refractivity contribution in [3.8, 4) is 6.07 Å². The number of halogens is 1. The summed E-state index contributed by atoms with van der Waals surface area (Å²) in [5.41, 5.74) is 0. The van der Waals surface area contributed by atoms with Gasteiger partial charge in [0.2, 0.25) is 0 Å². The molecule has 0 saturated heterocycles. The van der Waals surface area contributed by atoms with Crippen LogP contribution in [0.4, 0.5) is 0 Å². The van der Waals surface area contributed by atoms with Crippen molar-refractivity contribution in [3.63, 3.8) is 0 Å². The number of nitrogens with zero attached hydrogens (tertiary/aromatic N) is 1. The topological polar surface area (TPSA) is 23.8 Å². The molecule has 52 valence electrons. The molecule has 2 heteroatoms. The summed E-state index contributed by atoms with van der Waals surface area (Å²) in [7, 11) is 0. The van der Waals surface area contributed by atoms with E-state index in [1.165, 1.54) is 0 Å². The van der Waals surface area contributed by atoms with Crippen LogP contribution in [0.3, 0.4) is 0 Å². The summed E-state index contributed by atoms with van der Waals surface area (Å²) < 4.78 is 0. The highest BCUT2D eigenvalue weighted by molar-refractivity contribution is 6.26. The predicted octanol–water partition coefficient (Wildman–Crippen LogP) is 2.08. The zero-order chi connectivity index (χ0) is 7.19. The first-order valence-corrected chi connectivity index (χ1v) is 3.91. The molecule has 0 spiro atoms. The lowest BCUT2D eigenvalue weighted by atomic mass is 9.94. The maximum absolute atomic E-state index is 8.73. The molecular weight excluding hydrogens is 146 g/mol. The lowest BCUT2D eigenvalue weighted by Crippen LogP contribution is -2.23. The van der Waals surface area contributed by atoms with Crippen LogP contribution in [0.25, 0.3) is 0 Å². The van der Waals surface area contributed by atoms with Crippen molar-refractivity contribution in [2.45, 2.75) is 17.7 Å². The molecule has 0 heterocycles. The zero-order valence-corrected chi connectivity index (χ0v) is 6.30. The lowest BCUT2D eigenvalue weighted by molar-refractivity contribution is 0.602. The van der Waals surface area contributed by atoms with Crippen LogP contribution in [-0.4, -0.2) is 4.87 Å². The highest BCUT2D eigenvalue weighted by atomic mass is 35.5. The van der Waals surface area contributed by atoms with Crippen molar-refractivity contribution in [1.29, 1.82) is 5.26 Å². The van der Waals surface area contributed by atoms with Crippen LogP contribution in [0.5, 0.6) is 0 Å². The fourth-order valence-electron chi connectivity index (χ4n) is 1.93. The van der Waals surface area contributed by atoms with Crippen LogP contribution in [0, 0.1) is 23.2 Å². The minimum atomic E-state index is -0.556. The Hall–Kier alpha value is -0.480. The van der Waals surface area contributed by atoms with Gasteiger partial charge >= 0.3 is 0 Å². The van der Waals surface area contributed by atoms with Gasteiger partial charge in [-0.2, -0.15) is 5.26 Å². The molecule has 0 N–H and O–H groups in total. The molecule has 0 aromatic heterocycles. The first-order chi connectivity index (χ1) is 4.74. The summed E-state index contributed by atoms with van der Waals surface area (Å²) in [6.45, 7) is 0. The molecule has 10 heavy (non-hydrogen) atoms. The highest BCUT2D eigenvalue weighted by Gasteiger charge is 2.47. The SMILES string of the molecule is N#C[C@@]1(Cl)C[C@H]2C=C[C@@H]1C2. The Morgan fingerprint density at radius 2 is 2.40 bits per heavy atom. The summed E-state index contributed by atoms with van der Waals surface area (Å²) >= 11 is 6.04. The van der Waals surface area contributed by atoms with Gasteiger partial charge in [-0.15, -0.1) is 11.6 Å². The van der Waals surface area contributed by atoms with E-state index in [9.17, 15) is 0 Å². The van der Waals surface area contributed by atoms with Gasteiger partial charge in [0.1, 0.15) is 4.87 Å². The van der Waals surface area contributed by atoms with Crippen LogP contribution >= 0.6 is 11.6 Å². The molecule has 0 amide bonds. The van der Waals surface area contributed by atoms with Crippen LogP contribution < -0.4 is 0 Å². The molecule has 2 aliphatic carbocycles. The minimum absolute atomic E-state index is 0.323. The van der Waals surface area contributed by atoms with Crippen molar-refractivity contribution in [1.82, 2.24) is 0 Å². The molecule has 2 aliphatic rings. The Balaban J connectivity index is 2.33. The van der Waals surface area contributed by atoms with Crippen LogP contribution in [-0.2, 0) is 0 Å². The normalized spacial score (nSPS) is 49.6. The maximum Gasteiger partial charge on any atom is 0.137 e. The van der Waals surface area contributed by atoms with Gasteiger partial charge in [0.15, 0.2) is 0 Å². The van der Waals surface area contributed by atoms with Crippen LogP contribution in [0.15, 0.2) is 12.2 Å². The Morgan fingerprint density at radius 3 is 2.70 bits per heavy atom. The van der Waals surface area contributed by atoms with Crippen LogP contribution in [0.2, 0.25) is 0 Å². The number of rotatable bonds is 0. The van der Waals surface area contributed by atoms with E-state index in [0.717, 1.165) is 12.8 Å². The van der Waals surface area contributed by atoms with E-state index >= 15 is 0 Å². The quantitative estimate of drug-likeness (QED) is 0.386. The van der Waals surface area contributed by atoms with E-state index in [4.69, 9.17) is 16.9 Å². The molecule has 1 fully saturated rings. The fourth-order valence-corrected chi connectivity index (χ4v) is 2.29. The number of allylic oxidation sites excluding steroid dienone is 2. The van der Waals surface area contributed by atoms with Gasteiger partial charge < -0.3 is 0 Å². The number of alkyl halides is 1. The maximum atomic E-state index is 8.73. The van der Waals surface area contributed by atoms with Gasteiger partial charge in [-0.1, -0.05) is 12.2 Å². The van der Waals surface area contributed by atoms with Crippen molar-refractivity contribution >= 4 is 11.6 Å². The Labute approximate surface area is 65.3 Å². The first kappa shape index (κ1) is 6.24. The summed E-state index contributed by atoms with van der Waals surface area (Å²) in [5, 5.41) is 8.73. The summed E-state index contributed by atoms with van der Waals surface area (Å²) in [6.07, 6.45) is 6.22. The third-order valence-electron chi connectivity index (χ3n) is 2.51. The molecular formula is C8H8ClN. The summed E-state index contributed by atoms with van der Waals surface area (Å²) in [5.74, 6) is 0.909. The summed E-state index contributed by atoms with van der Waals surface area (Å²) in [4.78, 5) is -0.556. The van der Waals surface area contributed by atoms with Crippen molar-refractivity contribution in [2.24, 2.45) is 11.8 Å². The van der Waals surface area contributed by atoms with E-state index < -0.39 is 4.87 Å². The molecule has 3 atom stereocenters. The van der Waals surface area contributed by atoms with E-state index in [0.29, 0.717) is 11.8 Å². The number of hydrogen-bond acceptors (Lipinski definition) is 1. The smallest absolute Gasteiger partial charge is 0.137 e. The Bertz CT molecular complexity index is 228. The van der Waals surface area contributed by atoms with Gasteiger partial charge in [0.25, 0.3) is 0 Å². The standard InChI is InChI=1S/C8H8ClN/c9-8(5-10)4-6-1-2-7(8)3-6/h1-2,6-7H,3-4H2/t6-,7+,8-/m0/s1. The van der Waals surface area contributed by atoms with E-state index in [-0.39, 0.29) is 0 Å². The third kappa shape index (κ3) is 0.630. The van der Waals surface area contributed by atoms with Gasteiger partial charge in [0.05, 0.1) is 6.07 Å². The Kier molecular flexibility index (Phi) is 1.10. The molecule has 1 nitrogen and oxygen atoms in total. The van der Waals surface area contributed by atoms with Gasteiger partial charge in [0, 0.05) is 5.92 Å². The van der Waals surface area contributed by atoms with Crippen molar-refractivity contribution < 1.29 is 0 Å². The molecule has 0 unspecified atom stereocenters. The highest BCUT2D eigenvalue weighted by Crippen LogP contribution is 2.49. The number of fused-ring (bicyclic) bond motifs is 2. The average Bonchev–Trinajstić information content (AvgIpc) is 2.46. The minimum Gasteiger partial charge on any atom is -0.196 e. The molecule has 0 radical (unpaired) electrons. The number of nitriles is 1. The monoisotopic (exact) mass is 153 g/mol. The second-order valence-corrected chi connectivity index (χ2v) is 3.84. The molecule has 2 rings (SSSR count). The van der Waals surface area contributed by atoms with Gasteiger partial charge in [-0.05, 0) is 18.8 Å². The van der Waals surface area contributed by atoms with E-state index in [1.807, 2.05) is 0 Å². The largest absolute Gasteiger partial charge is 0.196 e. The van der Waals surface area contributed by atoms with Gasteiger partial charge in [-0.25, -0.2) is 0 Å². The molecule has 2 bridgehead atoms. The molecule has 1 saturated carbocycles.